The lowest BCUT2D eigenvalue weighted by Gasteiger charge is -1.95. The zero-order valence-corrected chi connectivity index (χ0v) is 8.67. The lowest BCUT2D eigenvalue weighted by Crippen LogP contribution is -2.10. The highest BCUT2D eigenvalue weighted by Crippen LogP contribution is 2.17. The second-order valence-corrected chi connectivity index (χ2v) is 3.85. The molecular weight excluding hydrogens is 216 g/mol. The molecule has 0 saturated carbocycles. The third-order valence-corrected chi connectivity index (χ3v) is 2.32. The summed E-state index contributed by atoms with van der Waals surface area (Å²) < 4.78 is 5.01. The Bertz CT molecular complexity index is 490. The molecule has 0 bridgehead atoms. The molecule has 0 aliphatic carbocycles. The summed E-state index contributed by atoms with van der Waals surface area (Å²) in [5.74, 6) is 0.389. The number of nitrogens with two attached hydrogens (primary N) is 1. The molecule has 2 aromatic rings. The third kappa shape index (κ3) is 2.13. The Morgan fingerprint density at radius 1 is 1.60 bits per heavy atom. The van der Waals surface area contributed by atoms with Gasteiger partial charge in [-0.15, -0.1) is 10.2 Å². The molecule has 0 saturated heterocycles. The largest absolute Gasteiger partial charge is 0.469 e. The van der Waals surface area contributed by atoms with Gasteiger partial charge in [0.05, 0.1) is 5.56 Å². The van der Waals surface area contributed by atoms with Gasteiger partial charge in [0.2, 0.25) is 10.3 Å². The number of hydrogen-bond donors (Lipinski definition) is 2. The Morgan fingerprint density at radius 3 is 2.93 bits per heavy atom. The van der Waals surface area contributed by atoms with Gasteiger partial charge in [0.15, 0.2) is 0 Å². The number of carbonyl (C=O) groups excluding carboxylic acids is 1. The van der Waals surface area contributed by atoms with Gasteiger partial charge < -0.3 is 10.2 Å². The predicted octanol–water partition coefficient (Wildman–Crippen LogP) is 1.27. The van der Waals surface area contributed by atoms with E-state index in [1.165, 1.54) is 6.26 Å². The van der Waals surface area contributed by atoms with Gasteiger partial charge >= 0.3 is 0 Å². The number of carbonyl (C=O) groups is 1. The summed E-state index contributed by atoms with van der Waals surface area (Å²) in [5, 5.41) is 10.5. The van der Waals surface area contributed by atoms with Crippen molar-refractivity contribution in [3.05, 3.63) is 23.7 Å². The Balaban J connectivity index is 2.10. The SMILES string of the molecule is Cc1cc(C(=O)Nc2nnc(N)s2)co1. The molecule has 0 spiro atoms. The standard InChI is InChI=1S/C8H8N4O2S/c1-4-2-5(3-14-4)6(13)10-8-12-11-7(9)15-8/h2-3H,1H3,(H2,9,11)(H,10,12,13). The van der Waals surface area contributed by atoms with E-state index in [1.54, 1.807) is 13.0 Å². The zero-order valence-electron chi connectivity index (χ0n) is 7.85. The molecule has 3 N–H and O–H groups in total. The summed E-state index contributed by atoms with van der Waals surface area (Å²) in [5.41, 5.74) is 5.82. The average molecular weight is 224 g/mol. The molecule has 2 aromatic heterocycles. The van der Waals surface area contributed by atoms with Crippen molar-refractivity contribution in [1.29, 1.82) is 0 Å². The van der Waals surface area contributed by atoms with Gasteiger partial charge in [-0.1, -0.05) is 11.3 Å². The molecule has 78 valence electrons. The average Bonchev–Trinajstić information content (AvgIpc) is 2.75. The maximum atomic E-state index is 11.6. The van der Waals surface area contributed by atoms with Crippen LogP contribution in [0.15, 0.2) is 16.7 Å². The molecule has 7 heteroatoms. The number of nitrogens with one attached hydrogen (secondary N) is 1. The van der Waals surface area contributed by atoms with Crippen molar-refractivity contribution in [3.8, 4) is 0 Å². The molecular formula is C8H8N4O2S. The van der Waals surface area contributed by atoms with Crippen molar-refractivity contribution in [3.63, 3.8) is 0 Å². The first-order chi connectivity index (χ1) is 7.15. The summed E-state index contributed by atoms with van der Waals surface area (Å²) in [6.07, 6.45) is 1.38. The van der Waals surface area contributed by atoms with E-state index >= 15 is 0 Å². The molecule has 2 rings (SSSR count). The predicted molar refractivity (Wildman–Crippen MR) is 55.7 cm³/mol. The molecule has 2 heterocycles. The number of rotatable bonds is 2. The second kappa shape index (κ2) is 3.70. The van der Waals surface area contributed by atoms with Crippen molar-refractivity contribution in [2.45, 2.75) is 6.92 Å². The number of aryl methyl sites for hydroxylation is 1. The van der Waals surface area contributed by atoms with E-state index in [0.717, 1.165) is 11.3 Å². The van der Waals surface area contributed by atoms with Gasteiger partial charge in [-0.25, -0.2) is 0 Å². The van der Waals surface area contributed by atoms with E-state index in [1.807, 2.05) is 0 Å². The second-order valence-electron chi connectivity index (χ2n) is 2.85. The topological polar surface area (TPSA) is 94.0 Å². The van der Waals surface area contributed by atoms with Crippen molar-refractivity contribution in [1.82, 2.24) is 10.2 Å². The minimum Gasteiger partial charge on any atom is -0.469 e. The van der Waals surface area contributed by atoms with Crippen LogP contribution >= 0.6 is 11.3 Å². The Morgan fingerprint density at radius 2 is 2.40 bits per heavy atom. The third-order valence-electron chi connectivity index (χ3n) is 1.65. The van der Waals surface area contributed by atoms with Gasteiger partial charge in [0.1, 0.15) is 12.0 Å². The van der Waals surface area contributed by atoms with Crippen LogP contribution < -0.4 is 11.1 Å². The number of anilines is 2. The molecule has 0 aliphatic heterocycles. The first-order valence-electron chi connectivity index (χ1n) is 4.10. The van der Waals surface area contributed by atoms with Crippen molar-refractivity contribution in [2.75, 3.05) is 11.1 Å². The first kappa shape index (κ1) is 9.66. The molecule has 1 amide bonds. The lowest BCUT2D eigenvalue weighted by atomic mass is 10.3. The van der Waals surface area contributed by atoms with Gasteiger partial charge in [-0.3, -0.25) is 10.1 Å². The molecule has 0 fully saturated rings. The highest BCUT2D eigenvalue weighted by molar-refractivity contribution is 7.19. The van der Waals surface area contributed by atoms with Gasteiger partial charge in [0, 0.05) is 0 Å². The van der Waals surface area contributed by atoms with Gasteiger partial charge in [-0.05, 0) is 13.0 Å². The van der Waals surface area contributed by atoms with Crippen LogP contribution in [0.5, 0.6) is 0 Å². The number of furan rings is 1. The highest BCUT2D eigenvalue weighted by atomic mass is 32.1. The van der Waals surface area contributed by atoms with Gasteiger partial charge in [0.25, 0.3) is 5.91 Å². The molecule has 15 heavy (non-hydrogen) atoms. The minimum atomic E-state index is -0.289. The van der Waals surface area contributed by atoms with Crippen molar-refractivity contribution < 1.29 is 9.21 Å². The van der Waals surface area contributed by atoms with E-state index in [0.29, 0.717) is 21.6 Å². The number of nitrogens with zero attached hydrogens (tertiary/aromatic N) is 2. The zero-order chi connectivity index (χ0) is 10.8. The summed E-state index contributed by atoms with van der Waals surface area (Å²) in [4.78, 5) is 11.6. The van der Waals surface area contributed by atoms with E-state index in [2.05, 4.69) is 15.5 Å². The fourth-order valence-electron chi connectivity index (χ4n) is 1.02. The summed E-state index contributed by atoms with van der Waals surface area (Å²) >= 11 is 1.11. The van der Waals surface area contributed by atoms with Crippen LogP contribution in [0, 0.1) is 6.92 Å². The maximum Gasteiger partial charge on any atom is 0.260 e. The summed E-state index contributed by atoms with van der Waals surface area (Å²) in [6, 6.07) is 1.64. The number of amides is 1. The molecule has 0 unspecified atom stereocenters. The van der Waals surface area contributed by atoms with E-state index in [4.69, 9.17) is 10.2 Å². The maximum absolute atomic E-state index is 11.6. The Labute approximate surface area is 89.1 Å². The van der Waals surface area contributed by atoms with Gasteiger partial charge in [-0.2, -0.15) is 0 Å². The molecule has 0 atom stereocenters. The fraction of sp³-hybridized carbons (Fsp3) is 0.125. The van der Waals surface area contributed by atoms with Crippen LogP contribution in [0.25, 0.3) is 0 Å². The van der Waals surface area contributed by atoms with E-state index in [-0.39, 0.29) is 5.91 Å². The number of aromatic nitrogens is 2. The normalized spacial score (nSPS) is 10.2. The van der Waals surface area contributed by atoms with Crippen LogP contribution in [0.4, 0.5) is 10.3 Å². The molecule has 6 nitrogen and oxygen atoms in total. The number of nitrogen functional groups attached to an aromatic ring is 1. The smallest absolute Gasteiger partial charge is 0.260 e. The Hall–Kier alpha value is -1.89. The summed E-state index contributed by atoms with van der Waals surface area (Å²) in [6.45, 7) is 1.76. The minimum absolute atomic E-state index is 0.289. The van der Waals surface area contributed by atoms with Crippen LogP contribution in [-0.4, -0.2) is 16.1 Å². The lowest BCUT2D eigenvalue weighted by molar-refractivity contribution is 0.102. The van der Waals surface area contributed by atoms with Crippen LogP contribution in [0.1, 0.15) is 16.1 Å². The Kier molecular flexibility index (Phi) is 2.38. The quantitative estimate of drug-likeness (QED) is 0.801. The van der Waals surface area contributed by atoms with Crippen molar-refractivity contribution >= 4 is 27.5 Å². The monoisotopic (exact) mass is 224 g/mol. The first-order valence-corrected chi connectivity index (χ1v) is 4.92. The van der Waals surface area contributed by atoms with Crippen LogP contribution in [0.2, 0.25) is 0 Å². The summed E-state index contributed by atoms with van der Waals surface area (Å²) in [7, 11) is 0. The fourth-order valence-corrected chi connectivity index (χ4v) is 1.52. The number of hydrogen-bond acceptors (Lipinski definition) is 6. The molecule has 0 radical (unpaired) electrons. The van der Waals surface area contributed by atoms with Crippen LogP contribution in [-0.2, 0) is 0 Å². The van der Waals surface area contributed by atoms with E-state index in [9.17, 15) is 4.79 Å². The molecule has 0 aromatic carbocycles. The van der Waals surface area contributed by atoms with Crippen molar-refractivity contribution in [2.24, 2.45) is 0 Å². The van der Waals surface area contributed by atoms with E-state index < -0.39 is 0 Å². The highest BCUT2D eigenvalue weighted by Gasteiger charge is 2.11. The van der Waals surface area contributed by atoms with Crippen LogP contribution in [0.3, 0.4) is 0 Å². The molecule has 0 aliphatic rings.